The third kappa shape index (κ3) is 0.795. The standard InChI is InChI=1S/C7H8N4O/c1-11-3-2-4-5(6(11)12)10-7(8)9-4/h2-3H,1H3,(H3,8,9,10). The van der Waals surface area contributed by atoms with Gasteiger partial charge in [0.15, 0.2) is 5.95 Å². The first-order chi connectivity index (χ1) is 5.68. The predicted octanol–water partition coefficient (Wildman–Crippen LogP) is -0.156. The lowest BCUT2D eigenvalue weighted by atomic mass is 10.4. The van der Waals surface area contributed by atoms with Crippen molar-refractivity contribution in [3.63, 3.8) is 0 Å². The average molecular weight is 164 g/mol. The van der Waals surface area contributed by atoms with Gasteiger partial charge >= 0.3 is 0 Å². The average Bonchev–Trinajstić information content (AvgIpc) is 2.39. The van der Waals surface area contributed by atoms with Crippen molar-refractivity contribution in [3.8, 4) is 0 Å². The van der Waals surface area contributed by atoms with E-state index in [-0.39, 0.29) is 11.5 Å². The number of nitrogen functional groups attached to an aromatic ring is 1. The number of aryl methyl sites for hydroxylation is 1. The van der Waals surface area contributed by atoms with E-state index in [1.807, 2.05) is 0 Å². The summed E-state index contributed by atoms with van der Waals surface area (Å²) in [4.78, 5) is 18.0. The van der Waals surface area contributed by atoms with Gasteiger partial charge in [-0.3, -0.25) is 4.79 Å². The van der Waals surface area contributed by atoms with Crippen molar-refractivity contribution >= 4 is 17.0 Å². The van der Waals surface area contributed by atoms with Crippen molar-refractivity contribution in [2.45, 2.75) is 0 Å². The molecule has 62 valence electrons. The number of fused-ring (bicyclic) bond motifs is 1. The minimum absolute atomic E-state index is 0.114. The molecule has 0 unspecified atom stereocenters. The Morgan fingerprint density at radius 3 is 3.17 bits per heavy atom. The zero-order valence-electron chi connectivity index (χ0n) is 6.53. The van der Waals surface area contributed by atoms with E-state index in [9.17, 15) is 4.79 Å². The summed E-state index contributed by atoms with van der Waals surface area (Å²) in [6.07, 6.45) is 1.66. The van der Waals surface area contributed by atoms with Crippen molar-refractivity contribution in [2.24, 2.45) is 7.05 Å². The molecule has 0 saturated heterocycles. The summed E-state index contributed by atoms with van der Waals surface area (Å²) in [6, 6.07) is 1.74. The number of nitrogens with two attached hydrogens (primary N) is 1. The Hall–Kier alpha value is -1.78. The van der Waals surface area contributed by atoms with Crippen LogP contribution >= 0.6 is 0 Å². The van der Waals surface area contributed by atoms with Gasteiger partial charge in [-0.2, -0.15) is 0 Å². The number of nitrogens with one attached hydrogen (secondary N) is 1. The monoisotopic (exact) mass is 164 g/mol. The lowest BCUT2D eigenvalue weighted by Crippen LogP contribution is -2.15. The number of rotatable bonds is 0. The molecule has 0 aliphatic heterocycles. The van der Waals surface area contributed by atoms with E-state index in [2.05, 4.69) is 9.97 Å². The topological polar surface area (TPSA) is 76.7 Å². The molecule has 0 atom stereocenters. The normalized spacial score (nSPS) is 10.8. The van der Waals surface area contributed by atoms with Gasteiger partial charge in [-0.1, -0.05) is 0 Å². The second-order valence-electron chi connectivity index (χ2n) is 2.61. The number of aromatic nitrogens is 3. The molecule has 2 aromatic heterocycles. The highest BCUT2D eigenvalue weighted by atomic mass is 16.1. The Balaban J connectivity index is 2.99. The Kier molecular flexibility index (Phi) is 1.21. The van der Waals surface area contributed by atoms with Gasteiger partial charge in [0.1, 0.15) is 5.52 Å². The van der Waals surface area contributed by atoms with Crippen LogP contribution in [0.3, 0.4) is 0 Å². The summed E-state index contributed by atoms with van der Waals surface area (Å²) in [5.74, 6) is 0.272. The van der Waals surface area contributed by atoms with E-state index < -0.39 is 0 Å². The molecule has 0 amide bonds. The molecule has 0 fully saturated rings. The zero-order chi connectivity index (χ0) is 8.72. The highest BCUT2D eigenvalue weighted by molar-refractivity contribution is 5.75. The molecule has 0 aliphatic carbocycles. The van der Waals surface area contributed by atoms with Crippen LogP contribution < -0.4 is 11.3 Å². The van der Waals surface area contributed by atoms with Crippen LogP contribution in [-0.4, -0.2) is 14.5 Å². The minimum Gasteiger partial charge on any atom is -0.369 e. The number of pyridine rings is 1. The Morgan fingerprint density at radius 1 is 1.67 bits per heavy atom. The molecule has 2 rings (SSSR count). The predicted molar refractivity (Wildman–Crippen MR) is 45.7 cm³/mol. The molecule has 0 aliphatic rings. The first kappa shape index (κ1) is 6.90. The lowest BCUT2D eigenvalue weighted by Gasteiger charge is -1.93. The quantitative estimate of drug-likeness (QED) is 0.568. The van der Waals surface area contributed by atoms with Gasteiger partial charge in [0.05, 0.1) is 5.52 Å². The largest absolute Gasteiger partial charge is 0.369 e. The maximum atomic E-state index is 11.4. The maximum Gasteiger partial charge on any atom is 0.276 e. The smallest absolute Gasteiger partial charge is 0.276 e. The molecule has 12 heavy (non-hydrogen) atoms. The van der Waals surface area contributed by atoms with Gasteiger partial charge in [0, 0.05) is 13.2 Å². The van der Waals surface area contributed by atoms with Crippen LogP contribution in [0.2, 0.25) is 0 Å². The van der Waals surface area contributed by atoms with E-state index >= 15 is 0 Å². The molecule has 2 heterocycles. The molecule has 3 N–H and O–H groups in total. The van der Waals surface area contributed by atoms with Crippen LogP contribution in [0.4, 0.5) is 5.95 Å². The molecular formula is C7H8N4O. The van der Waals surface area contributed by atoms with Gasteiger partial charge in [-0.05, 0) is 6.07 Å². The Morgan fingerprint density at radius 2 is 2.42 bits per heavy atom. The van der Waals surface area contributed by atoms with Crippen molar-refractivity contribution in [1.82, 2.24) is 14.5 Å². The number of hydrogen-bond acceptors (Lipinski definition) is 3. The van der Waals surface area contributed by atoms with Crippen LogP contribution in [0.1, 0.15) is 0 Å². The highest BCUT2D eigenvalue weighted by Crippen LogP contribution is 2.05. The number of anilines is 1. The number of nitrogens with zero attached hydrogens (tertiary/aromatic N) is 2. The fourth-order valence-corrected chi connectivity index (χ4v) is 1.12. The Bertz CT molecular complexity index is 482. The fraction of sp³-hybridized carbons (Fsp3) is 0.143. The maximum absolute atomic E-state index is 11.4. The molecule has 2 aromatic rings. The van der Waals surface area contributed by atoms with Gasteiger partial charge in [-0.25, -0.2) is 4.98 Å². The SMILES string of the molecule is Cn1ccc2nc(N)[nH]c2c1=O. The molecule has 0 bridgehead atoms. The summed E-state index contributed by atoms with van der Waals surface area (Å²) in [5, 5.41) is 0. The van der Waals surface area contributed by atoms with Crippen LogP contribution in [-0.2, 0) is 7.05 Å². The number of H-pyrrole nitrogens is 1. The highest BCUT2D eigenvalue weighted by Gasteiger charge is 2.03. The number of hydrogen-bond donors (Lipinski definition) is 2. The second kappa shape index (κ2) is 2.10. The number of aromatic amines is 1. The zero-order valence-corrected chi connectivity index (χ0v) is 6.53. The second-order valence-corrected chi connectivity index (χ2v) is 2.61. The van der Waals surface area contributed by atoms with E-state index in [0.29, 0.717) is 11.0 Å². The summed E-state index contributed by atoms with van der Waals surface area (Å²) >= 11 is 0. The van der Waals surface area contributed by atoms with Crippen molar-refractivity contribution in [3.05, 3.63) is 22.6 Å². The Labute approximate surface area is 67.8 Å². The molecule has 0 saturated carbocycles. The fourth-order valence-electron chi connectivity index (χ4n) is 1.12. The van der Waals surface area contributed by atoms with Gasteiger partial charge in [0.25, 0.3) is 5.56 Å². The molecule has 0 spiro atoms. The minimum atomic E-state index is -0.114. The van der Waals surface area contributed by atoms with Crippen LogP contribution in [0.15, 0.2) is 17.1 Å². The molecule has 5 heteroatoms. The summed E-state index contributed by atoms with van der Waals surface area (Å²) in [6.45, 7) is 0. The van der Waals surface area contributed by atoms with Crippen molar-refractivity contribution in [2.75, 3.05) is 5.73 Å². The summed E-state index contributed by atoms with van der Waals surface area (Å²) in [5.41, 5.74) is 6.34. The van der Waals surface area contributed by atoms with Gasteiger partial charge in [-0.15, -0.1) is 0 Å². The van der Waals surface area contributed by atoms with Crippen molar-refractivity contribution < 1.29 is 0 Å². The summed E-state index contributed by atoms with van der Waals surface area (Å²) in [7, 11) is 1.68. The van der Waals surface area contributed by atoms with Gasteiger partial charge < -0.3 is 15.3 Å². The van der Waals surface area contributed by atoms with E-state index in [1.165, 1.54) is 4.57 Å². The van der Waals surface area contributed by atoms with E-state index in [4.69, 9.17) is 5.73 Å². The third-order valence-electron chi connectivity index (χ3n) is 1.74. The van der Waals surface area contributed by atoms with Crippen LogP contribution in [0.25, 0.3) is 11.0 Å². The summed E-state index contributed by atoms with van der Waals surface area (Å²) < 4.78 is 1.47. The third-order valence-corrected chi connectivity index (χ3v) is 1.74. The molecule has 5 nitrogen and oxygen atoms in total. The van der Waals surface area contributed by atoms with Crippen LogP contribution in [0.5, 0.6) is 0 Å². The molecular weight excluding hydrogens is 156 g/mol. The molecule has 0 aromatic carbocycles. The van der Waals surface area contributed by atoms with Crippen LogP contribution in [0, 0.1) is 0 Å². The van der Waals surface area contributed by atoms with Crippen molar-refractivity contribution in [1.29, 1.82) is 0 Å². The molecule has 0 radical (unpaired) electrons. The van der Waals surface area contributed by atoms with E-state index in [1.54, 1.807) is 19.3 Å². The first-order valence-corrected chi connectivity index (χ1v) is 3.49. The number of imidazole rings is 1. The first-order valence-electron chi connectivity index (χ1n) is 3.49. The van der Waals surface area contributed by atoms with E-state index in [0.717, 1.165) is 0 Å². The van der Waals surface area contributed by atoms with Gasteiger partial charge in [0.2, 0.25) is 0 Å². The lowest BCUT2D eigenvalue weighted by molar-refractivity contribution is 0.870.